The van der Waals surface area contributed by atoms with E-state index >= 15 is 0 Å². The first kappa shape index (κ1) is 37.9. The molecule has 0 N–H and O–H groups in total. The standard InChI is InChI=1S/C53H38N3O2.Pt/c1-53(2,3)39-31-38(36-17-6-4-7-18-36)32-41(33-39)54-48-26-13-11-24-45(48)46-30-29-43(35-51(46)54)58-42-22-16-21-40(34-42)55-49-27-14-15-28-50(49)56(52(55)57)47-25-12-10-23-44(47)37-19-8-5-9-20-37;/h4-31,33H,1-3H3;/q-3;. The molecule has 0 unspecified atom stereocenters. The molecule has 0 fully saturated rings. The summed E-state index contributed by atoms with van der Waals surface area (Å²) in [4.78, 5) is 14.6. The maximum absolute atomic E-state index is 14.6. The summed E-state index contributed by atoms with van der Waals surface area (Å²) in [6.45, 7) is 6.72. The molecule has 59 heavy (non-hydrogen) atoms. The number of rotatable bonds is 7. The van der Waals surface area contributed by atoms with Gasteiger partial charge in [0.2, 0.25) is 0 Å². The van der Waals surface area contributed by atoms with Crippen molar-refractivity contribution < 1.29 is 25.8 Å². The van der Waals surface area contributed by atoms with Crippen molar-refractivity contribution in [2.75, 3.05) is 0 Å². The summed E-state index contributed by atoms with van der Waals surface area (Å²) in [5.74, 6) is 1.00. The second-order valence-electron chi connectivity index (χ2n) is 15.5. The van der Waals surface area contributed by atoms with E-state index in [0.29, 0.717) is 17.2 Å². The van der Waals surface area contributed by atoms with Gasteiger partial charge in [-0.25, -0.2) is 4.79 Å². The third-order valence-electron chi connectivity index (χ3n) is 10.8. The minimum Gasteiger partial charge on any atom is -0.509 e. The van der Waals surface area contributed by atoms with Gasteiger partial charge in [0, 0.05) is 43.6 Å². The fourth-order valence-corrected chi connectivity index (χ4v) is 7.95. The molecular weight excluding hydrogens is 906 g/mol. The van der Waals surface area contributed by atoms with Gasteiger partial charge in [-0.15, -0.1) is 65.0 Å². The molecule has 2 heterocycles. The molecule has 0 spiro atoms. The molecule has 0 aliphatic heterocycles. The number of nitrogens with zero attached hydrogens (tertiary/aromatic N) is 3. The second-order valence-corrected chi connectivity index (χ2v) is 15.5. The summed E-state index contributed by atoms with van der Waals surface area (Å²) in [7, 11) is 0. The maximum atomic E-state index is 14.6. The molecule has 0 saturated carbocycles. The fourth-order valence-electron chi connectivity index (χ4n) is 7.95. The van der Waals surface area contributed by atoms with Crippen molar-refractivity contribution in [1.29, 1.82) is 0 Å². The van der Waals surface area contributed by atoms with Crippen LogP contribution in [0.3, 0.4) is 0 Å². The first-order chi connectivity index (χ1) is 28.3. The third-order valence-corrected chi connectivity index (χ3v) is 10.8. The van der Waals surface area contributed by atoms with Gasteiger partial charge in [-0.2, -0.15) is 12.1 Å². The molecule has 10 aromatic rings. The average Bonchev–Trinajstić information content (AvgIpc) is 3.74. The molecule has 0 bridgehead atoms. The number of fused-ring (bicyclic) bond motifs is 4. The zero-order chi connectivity index (χ0) is 39.4. The molecule has 0 aliphatic rings. The van der Waals surface area contributed by atoms with E-state index in [1.165, 1.54) is 5.56 Å². The van der Waals surface area contributed by atoms with E-state index in [1.54, 1.807) is 9.13 Å². The summed E-state index contributed by atoms with van der Waals surface area (Å²) in [5, 5.41) is 2.18. The Morgan fingerprint density at radius 1 is 0.492 bits per heavy atom. The van der Waals surface area contributed by atoms with Crippen LogP contribution in [0.25, 0.3) is 72.2 Å². The van der Waals surface area contributed by atoms with Gasteiger partial charge in [0.15, 0.2) is 0 Å². The van der Waals surface area contributed by atoms with Gasteiger partial charge in [-0.05, 0) is 46.3 Å². The molecule has 0 amide bonds. The Morgan fingerprint density at radius 2 is 1.12 bits per heavy atom. The van der Waals surface area contributed by atoms with E-state index in [9.17, 15) is 4.79 Å². The van der Waals surface area contributed by atoms with E-state index in [0.717, 1.165) is 66.5 Å². The summed E-state index contributed by atoms with van der Waals surface area (Å²) < 4.78 is 12.3. The first-order valence-electron chi connectivity index (χ1n) is 19.5. The number of hydrogen-bond donors (Lipinski definition) is 0. The van der Waals surface area contributed by atoms with Crippen LogP contribution in [0.4, 0.5) is 0 Å². The average molecular weight is 944 g/mol. The van der Waals surface area contributed by atoms with Crippen molar-refractivity contribution in [2.45, 2.75) is 26.2 Å². The van der Waals surface area contributed by atoms with Crippen LogP contribution in [-0.2, 0) is 26.5 Å². The van der Waals surface area contributed by atoms with Gasteiger partial charge in [-0.3, -0.25) is 9.13 Å². The Bertz CT molecular complexity index is 3210. The normalized spacial score (nSPS) is 11.6. The Hall–Kier alpha value is -6.68. The van der Waals surface area contributed by atoms with Crippen LogP contribution < -0.4 is 10.4 Å². The van der Waals surface area contributed by atoms with E-state index in [2.05, 4.69) is 128 Å². The molecule has 8 aromatic carbocycles. The van der Waals surface area contributed by atoms with Crippen molar-refractivity contribution in [3.8, 4) is 50.8 Å². The van der Waals surface area contributed by atoms with Crippen molar-refractivity contribution in [1.82, 2.24) is 13.7 Å². The predicted octanol–water partition coefficient (Wildman–Crippen LogP) is 12.7. The summed E-state index contributed by atoms with van der Waals surface area (Å²) in [5.41, 5.74) is 10.9. The molecule has 0 saturated heterocycles. The largest absolute Gasteiger partial charge is 0.509 e. The summed E-state index contributed by atoms with van der Waals surface area (Å²) in [6.07, 6.45) is 0. The van der Waals surface area contributed by atoms with Gasteiger partial charge in [0.1, 0.15) is 0 Å². The number of benzene rings is 8. The summed E-state index contributed by atoms with van der Waals surface area (Å²) >= 11 is 0. The third kappa shape index (κ3) is 6.82. The minimum absolute atomic E-state index is 0. The molecule has 5 nitrogen and oxygen atoms in total. The van der Waals surface area contributed by atoms with Crippen LogP contribution in [0.1, 0.15) is 26.3 Å². The number of imidazole rings is 1. The molecule has 0 aliphatic carbocycles. The van der Waals surface area contributed by atoms with Crippen LogP contribution >= 0.6 is 0 Å². The van der Waals surface area contributed by atoms with Crippen LogP contribution in [0.5, 0.6) is 11.5 Å². The molecule has 0 radical (unpaired) electrons. The quantitative estimate of drug-likeness (QED) is 0.149. The maximum Gasteiger partial charge on any atom is 0.336 e. The topological polar surface area (TPSA) is 41.1 Å². The molecule has 0 atom stereocenters. The van der Waals surface area contributed by atoms with Crippen LogP contribution in [-0.4, -0.2) is 13.7 Å². The molecule has 290 valence electrons. The molecule has 2 aromatic heterocycles. The van der Waals surface area contributed by atoms with Crippen molar-refractivity contribution in [2.24, 2.45) is 0 Å². The van der Waals surface area contributed by atoms with Crippen molar-refractivity contribution >= 4 is 32.8 Å². The van der Waals surface area contributed by atoms with E-state index < -0.39 is 0 Å². The zero-order valence-corrected chi connectivity index (χ0v) is 35.0. The SMILES string of the molecule is CC(C)(C)c1cc(-c2ccccc2)[c-]c(-n2c3[c-]c(Oc4[c-]c(-n5c(=O)n(-c6ccccc6-c6ccccc6)c6ccccc65)ccc4)ccc3c3ccccc32)c1.[Pt]. The monoisotopic (exact) mass is 943 g/mol. The number of ether oxygens (including phenoxy) is 1. The molecular formula is C53H38N3O2Pt-3. The smallest absolute Gasteiger partial charge is 0.336 e. The molecule has 6 heteroatoms. The zero-order valence-electron chi connectivity index (χ0n) is 32.7. The van der Waals surface area contributed by atoms with Crippen molar-refractivity contribution in [3.63, 3.8) is 0 Å². The van der Waals surface area contributed by atoms with Gasteiger partial charge in [0.05, 0.1) is 16.7 Å². The van der Waals surface area contributed by atoms with E-state index in [4.69, 9.17) is 4.74 Å². The Labute approximate surface area is 357 Å². The van der Waals surface area contributed by atoms with Crippen LogP contribution in [0, 0.1) is 18.2 Å². The summed E-state index contributed by atoms with van der Waals surface area (Å²) in [6, 6.07) is 69.9. The fraction of sp³-hybridized carbons (Fsp3) is 0.0755. The second kappa shape index (κ2) is 15.2. The van der Waals surface area contributed by atoms with Gasteiger partial charge >= 0.3 is 5.69 Å². The minimum atomic E-state index is -0.195. The number of para-hydroxylation sites is 4. The number of hydrogen-bond acceptors (Lipinski definition) is 2. The van der Waals surface area contributed by atoms with Crippen LogP contribution in [0.15, 0.2) is 181 Å². The predicted molar refractivity (Wildman–Crippen MR) is 236 cm³/mol. The van der Waals surface area contributed by atoms with Gasteiger partial charge < -0.3 is 9.30 Å². The molecule has 10 rings (SSSR count). The van der Waals surface area contributed by atoms with E-state index in [1.807, 2.05) is 91.0 Å². The first-order valence-corrected chi connectivity index (χ1v) is 19.5. The Balaban J connectivity index is 0.00000449. The van der Waals surface area contributed by atoms with Gasteiger partial charge in [0.25, 0.3) is 0 Å². The van der Waals surface area contributed by atoms with E-state index in [-0.39, 0.29) is 32.2 Å². The van der Waals surface area contributed by atoms with Crippen LogP contribution in [0.2, 0.25) is 0 Å². The Kier molecular flexibility index (Phi) is 9.79. The van der Waals surface area contributed by atoms with Gasteiger partial charge in [-0.1, -0.05) is 147 Å². The van der Waals surface area contributed by atoms with Crippen molar-refractivity contribution in [3.05, 3.63) is 210 Å². The number of aromatic nitrogens is 3. The Morgan fingerprint density at radius 3 is 1.86 bits per heavy atom.